The van der Waals surface area contributed by atoms with Gasteiger partial charge in [-0.1, -0.05) is 19.4 Å². The molecule has 2 saturated heterocycles. The Morgan fingerprint density at radius 3 is 2.02 bits per heavy atom. The minimum atomic E-state index is -1.70. The van der Waals surface area contributed by atoms with Crippen LogP contribution < -0.4 is 0 Å². The van der Waals surface area contributed by atoms with E-state index in [1.807, 2.05) is 13.0 Å². The molecule has 14 heteroatoms. The summed E-state index contributed by atoms with van der Waals surface area (Å²) < 4.78 is 23.2. The summed E-state index contributed by atoms with van der Waals surface area (Å²) in [5.41, 5.74) is -2.45. The first-order valence-electron chi connectivity index (χ1n) is 16.4. The topological polar surface area (TPSA) is 233 Å². The second-order valence-corrected chi connectivity index (χ2v) is 15.0. The maximum Gasteiger partial charge on any atom is 0.314 e. The van der Waals surface area contributed by atoms with Crippen molar-refractivity contribution in [2.24, 2.45) is 28.1 Å². The van der Waals surface area contributed by atoms with Gasteiger partial charge in [0.15, 0.2) is 6.29 Å². The summed E-state index contributed by atoms with van der Waals surface area (Å²) in [7, 11) is 0. The van der Waals surface area contributed by atoms with Crippen LogP contribution in [0.15, 0.2) is 11.6 Å². The zero-order valence-corrected chi connectivity index (χ0v) is 26.2. The van der Waals surface area contributed by atoms with Gasteiger partial charge < -0.3 is 59.8 Å². The number of hydrogen-bond donors (Lipinski definition) is 8. The minimum absolute atomic E-state index is 0.0578. The number of hydrogen-bond acceptors (Lipinski definition) is 14. The first kappa shape index (κ1) is 34.3. The third kappa shape index (κ3) is 5.02. The van der Waals surface area contributed by atoms with E-state index >= 15 is 0 Å². The van der Waals surface area contributed by atoms with E-state index in [0.29, 0.717) is 44.1 Å². The van der Waals surface area contributed by atoms with Crippen LogP contribution in [0.1, 0.15) is 65.2 Å². The smallest absolute Gasteiger partial charge is 0.314 e. The number of ether oxygens (including phenoxy) is 4. The molecule has 8 N–H and O–H groups in total. The van der Waals surface area contributed by atoms with Gasteiger partial charge in [-0.05, 0) is 74.5 Å². The predicted octanol–water partition coefficient (Wildman–Crippen LogP) is -1.58. The van der Waals surface area contributed by atoms with Crippen molar-refractivity contribution in [3.05, 3.63) is 11.6 Å². The van der Waals surface area contributed by atoms with Gasteiger partial charge in [0, 0.05) is 5.57 Å². The van der Waals surface area contributed by atoms with Gasteiger partial charge >= 0.3 is 5.97 Å². The van der Waals surface area contributed by atoms with E-state index in [1.165, 1.54) is 0 Å². The quantitative estimate of drug-likeness (QED) is 0.0878. The van der Waals surface area contributed by atoms with Crippen LogP contribution in [-0.2, 0) is 28.5 Å². The zero-order valence-electron chi connectivity index (χ0n) is 26.2. The van der Waals surface area contributed by atoms with Crippen LogP contribution in [0.3, 0.4) is 0 Å². The highest BCUT2D eigenvalue weighted by Gasteiger charge is 2.68. The number of aliphatic hydroxyl groups excluding tert-OH is 8. The first-order valence-corrected chi connectivity index (χ1v) is 16.4. The van der Waals surface area contributed by atoms with E-state index in [9.17, 15) is 50.4 Å². The molecule has 6 aliphatic rings. The zero-order chi connectivity index (χ0) is 33.4. The first-order chi connectivity index (χ1) is 21.7. The molecule has 4 aliphatic carbocycles. The lowest BCUT2D eigenvalue weighted by Gasteiger charge is -2.64. The lowest BCUT2D eigenvalue weighted by molar-refractivity contribution is -0.328. The Kier molecular flexibility index (Phi) is 9.02. The Labute approximate surface area is 266 Å². The minimum Gasteiger partial charge on any atom is -0.432 e. The van der Waals surface area contributed by atoms with Gasteiger partial charge in [-0.15, -0.1) is 0 Å². The highest BCUT2D eigenvalue weighted by atomic mass is 16.7. The van der Waals surface area contributed by atoms with E-state index in [-0.39, 0.29) is 17.3 Å². The summed E-state index contributed by atoms with van der Waals surface area (Å²) in [6.45, 7) is 2.80. The number of aldehydes is 1. The molecule has 3 saturated carbocycles. The summed E-state index contributed by atoms with van der Waals surface area (Å²) in [5, 5.41) is 81.4. The van der Waals surface area contributed by atoms with Crippen LogP contribution in [0.4, 0.5) is 0 Å². The van der Waals surface area contributed by atoms with Crippen molar-refractivity contribution in [2.75, 3.05) is 13.2 Å². The van der Waals surface area contributed by atoms with E-state index in [2.05, 4.69) is 6.92 Å². The molecule has 46 heavy (non-hydrogen) atoms. The van der Waals surface area contributed by atoms with Gasteiger partial charge in [-0.2, -0.15) is 0 Å². The third-order valence-corrected chi connectivity index (χ3v) is 12.6. The third-order valence-electron chi connectivity index (χ3n) is 12.6. The van der Waals surface area contributed by atoms with Crippen LogP contribution >= 0.6 is 0 Å². The van der Waals surface area contributed by atoms with Gasteiger partial charge in [0.1, 0.15) is 60.7 Å². The van der Waals surface area contributed by atoms with Crippen molar-refractivity contribution in [1.29, 1.82) is 0 Å². The maximum atomic E-state index is 13.9. The van der Waals surface area contributed by atoms with Crippen molar-refractivity contribution in [1.82, 2.24) is 0 Å². The molecule has 6 rings (SSSR count). The van der Waals surface area contributed by atoms with Crippen LogP contribution in [0.2, 0.25) is 0 Å². The number of rotatable bonds is 7. The lowest BCUT2D eigenvalue weighted by Crippen LogP contribution is -2.63. The number of allylic oxidation sites excluding steroid dienone is 1. The van der Waals surface area contributed by atoms with E-state index < -0.39 is 97.0 Å². The summed E-state index contributed by atoms with van der Waals surface area (Å²) in [6.07, 6.45) is -7.42. The molecule has 0 aromatic heterocycles. The fourth-order valence-corrected chi connectivity index (χ4v) is 10.3. The van der Waals surface area contributed by atoms with Crippen LogP contribution in [0.25, 0.3) is 0 Å². The second kappa shape index (κ2) is 12.1. The fraction of sp³-hybridized carbons (Fsp3) is 0.875. The summed E-state index contributed by atoms with van der Waals surface area (Å²) in [6, 6.07) is 0. The molecule has 16 atom stereocenters. The molecule has 2 unspecified atom stereocenters. The van der Waals surface area contributed by atoms with E-state index in [4.69, 9.17) is 18.9 Å². The Morgan fingerprint density at radius 2 is 1.41 bits per heavy atom. The summed E-state index contributed by atoms with van der Waals surface area (Å²) in [5.74, 6) is -0.660. The standard InChI is InChI=1S/C32H48O14/c1-29-6-3-7-30(2,28(42)45-26-24(40)22(38)20(36)16(12-34)43-26)18(29)4-8-31-10-15(11-33)32(14-31,9-5-19(29)31)46-27-25(41)23(39)21(37)17(13-35)44-27/h10-11,16-27,34-41H,3-9,12-14H2,1-2H3/t16-,17+,18-,19-,20-,21+,22+,23-,24-,25+,26+,27+,29+,30+,31?,32?/m0/s1. The van der Waals surface area contributed by atoms with E-state index in [0.717, 1.165) is 19.1 Å². The normalized spacial score (nSPS) is 53.5. The molecule has 2 bridgehead atoms. The SMILES string of the molecule is C[C@@]12CCC[C@@](C)(C(=O)O[C@H]3O[C@@H](CO)[C@H](O)[C@@H](O)[C@@H]3O)[C@H]1CCC13C=C(C=O)C(O[C@H]4O[C@H](CO)[C@@H](O)[C@H](O)[C@H]4O)(CC[C@H]12)C3. The van der Waals surface area contributed by atoms with Crippen molar-refractivity contribution in [3.8, 4) is 0 Å². The Balaban J connectivity index is 1.23. The molecule has 0 aromatic rings. The molecule has 260 valence electrons. The Hall–Kier alpha value is -1.56. The van der Waals surface area contributed by atoms with Crippen LogP contribution in [0, 0.1) is 28.1 Å². The fourth-order valence-electron chi connectivity index (χ4n) is 10.3. The molecular weight excluding hydrogens is 608 g/mol. The van der Waals surface area contributed by atoms with E-state index in [1.54, 1.807) is 0 Å². The van der Waals surface area contributed by atoms with Crippen LogP contribution in [0.5, 0.6) is 0 Å². The van der Waals surface area contributed by atoms with Crippen LogP contribution in [-0.4, -0.2) is 133 Å². The number of aliphatic hydroxyl groups is 8. The molecule has 0 aromatic carbocycles. The van der Waals surface area contributed by atoms with Gasteiger partial charge in [0.05, 0.1) is 18.6 Å². The number of fused-ring (bicyclic) bond motifs is 3. The van der Waals surface area contributed by atoms with Crippen molar-refractivity contribution in [3.63, 3.8) is 0 Å². The van der Waals surface area contributed by atoms with Crippen molar-refractivity contribution in [2.45, 2.75) is 132 Å². The lowest BCUT2D eigenvalue weighted by atomic mass is 9.40. The average molecular weight is 657 g/mol. The molecule has 0 radical (unpaired) electrons. The summed E-state index contributed by atoms with van der Waals surface area (Å²) in [4.78, 5) is 26.5. The number of carbonyl (C=O) groups excluding carboxylic acids is 2. The average Bonchev–Trinajstić information content (AvgIpc) is 3.26. The monoisotopic (exact) mass is 656 g/mol. The number of esters is 1. The highest BCUT2D eigenvalue weighted by Crippen LogP contribution is 2.72. The molecule has 0 amide bonds. The largest absolute Gasteiger partial charge is 0.432 e. The molecule has 14 nitrogen and oxygen atoms in total. The summed E-state index contributed by atoms with van der Waals surface area (Å²) >= 11 is 0. The Morgan fingerprint density at radius 1 is 0.826 bits per heavy atom. The highest BCUT2D eigenvalue weighted by molar-refractivity contribution is 5.79. The van der Waals surface area contributed by atoms with Gasteiger partial charge in [-0.3, -0.25) is 9.59 Å². The van der Waals surface area contributed by atoms with Gasteiger partial charge in [0.25, 0.3) is 0 Å². The Bertz CT molecular complexity index is 1210. The molecule has 2 aliphatic heterocycles. The molecule has 2 heterocycles. The molecule has 1 spiro atoms. The molecule has 5 fully saturated rings. The van der Waals surface area contributed by atoms with Crippen molar-refractivity contribution >= 4 is 12.3 Å². The second-order valence-electron chi connectivity index (χ2n) is 15.0. The van der Waals surface area contributed by atoms with Gasteiger partial charge in [0.2, 0.25) is 6.29 Å². The van der Waals surface area contributed by atoms with Crippen molar-refractivity contribution < 1.29 is 69.4 Å². The predicted molar refractivity (Wildman–Crippen MR) is 154 cm³/mol. The maximum absolute atomic E-state index is 13.9. The molecular formula is C32H48O14. The number of carbonyl (C=O) groups is 2. The van der Waals surface area contributed by atoms with Gasteiger partial charge in [-0.25, -0.2) is 0 Å².